The molecule has 0 spiro atoms. The minimum Gasteiger partial charge on any atom is -0.462 e. The van der Waals surface area contributed by atoms with Gasteiger partial charge in [-0.05, 0) is 31.6 Å². The minimum atomic E-state index is -4.97. The van der Waals surface area contributed by atoms with Crippen molar-refractivity contribution in [3.8, 4) is 0 Å². The van der Waals surface area contributed by atoms with Crippen LogP contribution in [0.2, 0.25) is 0 Å². The monoisotopic (exact) mass is 1550 g/mol. The van der Waals surface area contributed by atoms with Gasteiger partial charge in [0.25, 0.3) is 0 Å². The van der Waals surface area contributed by atoms with Crippen LogP contribution in [0.4, 0.5) is 0 Å². The fraction of sp³-hybridized carbons (Fsp3) is 0.954. The standard InChI is InChI=1S/C87H170O17P2/c1-6-9-12-15-18-21-24-26-28-30-31-32-33-34-35-39-44-48-53-58-63-68-73-87(92)104-83(77-98-85(90)71-66-61-56-51-46-42-40-36-37-41-45-49-54-59-64-69-80(4)5)79-102-106(95,96)100-75-81(88)74-99-105(93,94)101-78-82(76-97-84(89)70-65-60-55-50-23-20-17-14-11-8-3)103-86(91)72-67-62-57-52-47-43-38-29-27-25-22-19-16-13-10-7-2/h80-83,88H,6-79H2,1-5H3,(H,93,94)(H,95,96)/t81-,82+,83+/m0/s1. The lowest BCUT2D eigenvalue weighted by Crippen LogP contribution is -2.30. The topological polar surface area (TPSA) is 237 Å². The third-order valence-corrected chi connectivity index (χ3v) is 22.4. The van der Waals surface area contributed by atoms with Crippen molar-refractivity contribution in [1.29, 1.82) is 0 Å². The lowest BCUT2D eigenvalue weighted by molar-refractivity contribution is -0.161. The van der Waals surface area contributed by atoms with Crippen molar-refractivity contribution in [3.63, 3.8) is 0 Å². The van der Waals surface area contributed by atoms with E-state index in [1.165, 1.54) is 295 Å². The highest BCUT2D eigenvalue weighted by molar-refractivity contribution is 7.47. The Labute approximate surface area is 651 Å². The van der Waals surface area contributed by atoms with E-state index < -0.39 is 97.5 Å². The van der Waals surface area contributed by atoms with E-state index >= 15 is 0 Å². The molecule has 17 nitrogen and oxygen atoms in total. The summed E-state index contributed by atoms with van der Waals surface area (Å²) in [4.78, 5) is 73.2. The molecule has 106 heavy (non-hydrogen) atoms. The fourth-order valence-electron chi connectivity index (χ4n) is 13.6. The van der Waals surface area contributed by atoms with Gasteiger partial charge < -0.3 is 33.8 Å². The number of carbonyl (C=O) groups excluding carboxylic acids is 4. The molecule has 0 saturated carbocycles. The van der Waals surface area contributed by atoms with Crippen molar-refractivity contribution in [3.05, 3.63) is 0 Å². The van der Waals surface area contributed by atoms with Crippen molar-refractivity contribution in [1.82, 2.24) is 0 Å². The van der Waals surface area contributed by atoms with E-state index in [1.807, 2.05) is 0 Å². The van der Waals surface area contributed by atoms with E-state index in [9.17, 15) is 43.2 Å². The average Bonchev–Trinajstić information content (AvgIpc) is 0.891. The Kier molecular flexibility index (Phi) is 78.2. The Morgan fingerprint density at radius 3 is 0.642 bits per heavy atom. The van der Waals surface area contributed by atoms with Crippen molar-refractivity contribution >= 4 is 39.5 Å². The molecule has 0 rings (SSSR count). The SMILES string of the molecule is CCCCCCCCCCCCCCCCCCCCCCCCC(=O)O[C@H](COC(=O)CCCCCCCCCCCCCCCCCC(C)C)COP(=O)(O)OC[C@@H](O)COP(=O)(O)OC[C@@H](COC(=O)CCCCCCCCCCCC)OC(=O)CCCCCCCCCCCCCCCCCC. The number of phosphoric acid groups is 2. The molecule has 19 heteroatoms. The highest BCUT2D eigenvalue weighted by atomic mass is 31.2. The smallest absolute Gasteiger partial charge is 0.462 e. The quantitative estimate of drug-likeness (QED) is 0.0222. The Bertz CT molecular complexity index is 2010. The van der Waals surface area contributed by atoms with Gasteiger partial charge in [0.2, 0.25) is 0 Å². The molecule has 0 aromatic rings. The lowest BCUT2D eigenvalue weighted by atomic mass is 10.0. The zero-order valence-electron chi connectivity index (χ0n) is 69.6. The third kappa shape index (κ3) is 80.1. The molecule has 0 radical (unpaired) electrons. The van der Waals surface area contributed by atoms with Gasteiger partial charge in [0, 0.05) is 25.7 Å². The molecule has 0 aliphatic carbocycles. The van der Waals surface area contributed by atoms with Crippen LogP contribution in [0, 0.1) is 5.92 Å². The number of rotatable bonds is 87. The zero-order valence-corrected chi connectivity index (χ0v) is 71.4. The molecule has 0 aromatic carbocycles. The second kappa shape index (κ2) is 79.7. The number of unbranched alkanes of at least 4 members (excludes halogenated alkanes) is 59. The van der Waals surface area contributed by atoms with Crippen LogP contribution in [0.25, 0.3) is 0 Å². The molecule has 630 valence electrons. The van der Waals surface area contributed by atoms with Crippen LogP contribution in [-0.2, 0) is 65.4 Å². The van der Waals surface area contributed by atoms with Crippen LogP contribution in [-0.4, -0.2) is 96.7 Å². The van der Waals surface area contributed by atoms with E-state index in [0.29, 0.717) is 25.7 Å². The maximum Gasteiger partial charge on any atom is 0.472 e. The molecule has 0 fully saturated rings. The van der Waals surface area contributed by atoms with Gasteiger partial charge in [0.15, 0.2) is 12.2 Å². The molecule has 2 unspecified atom stereocenters. The van der Waals surface area contributed by atoms with Gasteiger partial charge in [-0.1, -0.05) is 420 Å². The number of aliphatic hydroxyl groups is 1. The van der Waals surface area contributed by atoms with Gasteiger partial charge in [-0.2, -0.15) is 0 Å². The first-order chi connectivity index (χ1) is 51.5. The summed E-state index contributed by atoms with van der Waals surface area (Å²) in [7, 11) is -9.93. The number of ether oxygens (including phenoxy) is 4. The van der Waals surface area contributed by atoms with Crippen LogP contribution in [0.15, 0.2) is 0 Å². The lowest BCUT2D eigenvalue weighted by Gasteiger charge is -2.21. The van der Waals surface area contributed by atoms with Gasteiger partial charge in [-0.3, -0.25) is 37.3 Å². The fourth-order valence-corrected chi connectivity index (χ4v) is 15.2. The molecule has 0 amide bonds. The predicted octanol–water partition coefficient (Wildman–Crippen LogP) is 26.8. The first kappa shape index (κ1) is 104. The maximum atomic E-state index is 13.2. The maximum absolute atomic E-state index is 13.2. The summed E-state index contributed by atoms with van der Waals surface area (Å²) in [6.07, 6.45) is 73.6. The van der Waals surface area contributed by atoms with E-state index in [2.05, 4.69) is 34.6 Å². The first-order valence-electron chi connectivity index (χ1n) is 45.1. The van der Waals surface area contributed by atoms with Gasteiger partial charge in [-0.25, -0.2) is 9.13 Å². The summed E-state index contributed by atoms with van der Waals surface area (Å²) in [6, 6.07) is 0. The zero-order chi connectivity index (χ0) is 77.6. The number of hydrogen-bond acceptors (Lipinski definition) is 15. The second-order valence-corrected chi connectivity index (χ2v) is 34.7. The highest BCUT2D eigenvalue weighted by Crippen LogP contribution is 2.45. The normalized spacial score (nSPS) is 13.7. The first-order valence-corrected chi connectivity index (χ1v) is 48.1. The van der Waals surface area contributed by atoms with E-state index in [1.54, 1.807) is 0 Å². The summed E-state index contributed by atoms with van der Waals surface area (Å²) in [5.74, 6) is -1.29. The van der Waals surface area contributed by atoms with Gasteiger partial charge >= 0.3 is 39.5 Å². The van der Waals surface area contributed by atoms with Gasteiger partial charge in [0.1, 0.15) is 19.3 Å². The van der Waals surface area contributed by atoms with Crippen molar-refractivity contribution in [2.45, 2.75) is 490 Å². The summed E-state index contributed by atoms with van der Waals surface area (Å²) in [5, 5.41) is 10.7. The minimum absolute atomic E-state index is 0.109. The molecular formula is C87H170O17P2. The van der Waals surface area contributed by atoms with E-state index in [0.717, 1.165) is 95.8 Å². The Morgan fingerprint density at radius 2 is 0.434 bits per heavy atom. The summed E-state index contributed by atoms with van der Waals surface area (Å²) in [6.45, 7) is 7.39. The van der Waals surface area contributed by atoms with E-state index in [4.69, 9.17) is 37.0 Å². The van der Waals surface area contributed by atoms with Gasteiger partial charge in [0.05, 0.1) is 26.4 Å². The summed E-state index contributed by atoms with van der Waals surface area (Å²) < 4.78 is 68.9. The Balaban J connectivity index is 5.21. The van der Waals surface area contributed by atoms with Crippen LogP contribution in [0.3, 0.4) is 0 Å². The molecule has 0 saturated heterocycles. The van der Waals surface area contributed by atoms with Crippen molar-refractivity contribution in [2.24, 2.45) is 5.92 Å². The van der Waals surface area contributed by atoms with Crippen LogP contribution < -0.4 is 0 Å². The highest BCUT2D eigenvalue weighted by Gasteiger charge is 2.30. The van der Waals surface area contributed by atoms with Crippen molar-refractivity contribution in [2.75, 3.05) is 39.6 Å². The van der Waals surface area contributed by atoms with Crippen molar-refractivity contribution < 1.29 is 80.2 Å². The molecule has 0 aliphatic heterocycles. The second-order valence-electron chi connectivity index (χ2n) is 31.8. The van der Waals surface area contributed by atoms with Crippen LogP contribution >= 0.6 is 15.6 Å². The predicted molar refractivity (Wildman–Crippen MR) is 437 cm³/mol. The molecule has 0 aliphatic rings. The van der Waals surface area contributed by atoms with Crippen LogP contribution in [0.1, 0.15) is 471 Å². The molecule has 0 heterocycles. The summed E-state index contributed by atoms with van der Waals surface area (Å²) >= 11 is 0. The van der Waals surface area contributed by atoms with Gasteiger partial charge in [-0.15, -0.1) is 0 Å². The number of hydrogen-bond donors (Lipinski definition) is 3. The largest absolute Gasteiger partial charge is 0.472 e. The number of aliphatic hydroxyl groups excluding tert-OH is 1. The molecule has 0 bridgehead atoms. The Morgan fingerprint density at radius 1 is 0.255 bits per heavy atom. The molecule has 3 N–H and O–H groups in total. The van der Waals surface area contributed by atoms with E-state index in [-0.39, 0.29) is 25.7 Å². The average molecular weight is 1550 g/mol. The Hall–Kier alpha value is -1.94. The molecule has 0 aromatic heterocycles. The number of esters is 4. The third-order valence-electron chi connectivity index (χ3n) is 20.5. The number of phosphoric ester groups is 2. The summed E-state index contributed by atoms with van der Waals surface area (Å²) in [5.41, 5.74) is 0. The van der Waals surface area contributed by atoms with Crippen LogP contribution in [0.5, 0.6) is 0 Å². The molecular weight excluding hydrogens is 1380 g/mol. The number of carbonyl (C=O) groups is 4. The molecule has 5 atom stereocenters.